The van der Waals surface area contributed by atoms with Gasteiger partial charge in [-0.15, -0.1) is 0 Å². The molecule has 1 aromatic heterocycles. The smallest absolute Gasteiger partial charge is 0.217 e. The van der Waals surface area contributed by atoms with E-state index in [1.807, 2.05) is 18.3 Å². The minimum absolute atomic E-state index is 0.262. The first-order chi connectivity index (χ1) is 14.0. The predicted octanol–water partition coefficient (Wildman–Crippen LogP) is 4.48. The molecule has 0 saturated carbocycles. The lowest BCUT2D eigenvalue weighted by Gasteiger charge is -2.17. The minimum atomic E-state index is -0.262. The molecule has 2 aromatic carbocycles. The average molecular weight is 394 g/mol. The molecule has 6 nitrogen and oxygen atoms in total. The van der Waals surface area contributed by atoms with Gasteiger partial charge in [-0.3, -0.25) is 0 Å². The number of ether oxygens (including phenoxy) is 4. The van der Waals surface area contributed by atoms with Crippen LogP contribution in [-0.2, 0) is 16.2 Å². The molecule has 0 bridgehead atoms. The summed E-state index contributed by atoms with van der Waals surface area (Å²) in [7, 11) is 4.97. The Morgan fingerprint density at radius 3 is 2.34 bits per heavy atom. The van der Waals surface area contributed by atoms with E-state index in [0.717, 1.165) is 27.6 Å². The molecule has 0 unspecified atom stereocenters. The van der Waals surface area contributed by atoms with E-state index >= 15 is 0 Å². The molecule has 0 saturated heterocycles. The molecule has 0 spiro atoms. The number of nitrogens with zero attached hydrogens (tertiary/aromatic N) is 2. The average Bonchev–Trinajstić information content (AvgIpc) is 3.30. The van der Waals surface area contributed by atoms with Gasteiger partial charge in [0, 0.05) is 35.4 Å². The van der Waals surface area contributed by atoms with Crippen molar-refractivity contribution in [3.63, 3.8) is 0 Å². The highest BCUT2D eigenvalue weighted by Gasteiger charge is 2.30. The Bertz CT molecular complexity index is 1080. The van der Waals surface area contributed by atoms with Crippen LogP contribution in [0, 0.1) is 0 Å². The van der Waals surface area contributed by atoms with Crippen molar-refractivity contribution < 1.29 is 18.9 Å². The topological polar surface area (TPSA) is 54.2 Å². The van der Waals surface area contributed by atoms with Gasteiger partial charge >= 0.3 is 0 Å². The first-order valence-electron chi connectivity index (χ1n) is 9.53. The molecule has 2 heterocycles. The fraction of sp³-hybridized carbons (Fsp3) is 0.348. The molecule has 6 heteroatoms. The van der Waals surface area contributed by atoms with Gasteiger partial charge in [0.15, 0.2) is 11.5 Å². The molecular weight excluding hydrogens is 368 g/mol. The van der Waals surface area contributed by atoms with Gasteiger partial charge in [-0.05, 0) is 32.0 Å². The van der Waals surface area contributed by atoms with Gasteiger partial charge in [0.25, 0.3) is 0 Å². The molecule has 152 valence electrons. The third-order valence-corrected chi connectivity index (χ3v) is 5.07. The molecule has 0 amide bonds. The van der Waals surface area contributed by atoms with Crippen molar-refractivity contribution in [3.8, 4) is 22.6 Å². The number of aromatic nitrogens is 1. The van der Waals surface area contributed by atoms with Gasteiger partial charge in [0.2, 0.25) is 5.90 Å². The largest absolute Gasteiger partial charge is 0.493 e. The van der Waals surface area contributed by atoms with Crippen LogP contribution < -0.4 is 9.47 Å². The fourth-order valence-electron chi connectivity index (χ4n) is 3.73. The van der Waals surface area contributed by atoms with Gasteiger partial charge < -0.3 is 23.5 Å². The maximum atomic E-state index is 5.98. The molecule has 3 aromatic rings. The monoisotopic (exact) mass is 394 g/mol. The fourth-order valence-corrected chi connectivity index (χ4v) is 3.73. The Labute approximate surface area is 170 Å². The van der Waals surface area contributed by atoms with E-state index < -0.39 is 0 Å². The summed E-state index contributed by atoms with van der Waals surface area (Å²) in [5.41, 5.74) is 3.73. The molecule has 29 heavy (non-hydrogen) atoms. The highest BCUT2D eigenvalue weighted by Crippen LogP contribution is 2.40. The van der Waals surface area contributed by atoms with Crippen LogP contribution in [0.2, 0.25) is 0 Å². The van der Waals surface area contributed by atoms with E-state index in [1.165, 1.54) is 0 Å². The van der Waals surface area contributed by atoms with Crippen LogP contribution >= 0.6 is 0 Å². The Morgan fingerprint density at radius 1 is 1.00 bits per heavy atom. The van der Waals surface area contributed by atoms with E-state index in [0.29, 0.717) is 30.7 Å². The van der Waals surface area contributed by atoms with Crippen LogP contribution in [0.3, 0.4) is 0 Å². The van der Waals surface area contributed by atoms with Crippen molar-refractivity contribution in [2.24, 2.45) is 4.99 Å². The van der Waals surface area contributed by atoms with E-state index in [9.17, 15) is 0 Å². The van der Waals surface area contributed by atoms with Crippen LogP contribution in [0.4, 0.5) is 0 Å². The third-order valence-electron chi connectivity index (χ3n) is 5.07. The standard InChI is InChI=1S/C23H26N2O4/c1-23(2)13-29-22(24-23)18-12-20(28-5)19(27-4)11-17(18)16-8-6-7-15-9-10-25(14-26-3)21(15)16/h6-12H,13-14H2,1-5H3. The molecule has 0 N–H and O–H groups in total. The molecule has 0 aliphatic carbocycles. The summed E-state index contributed by atoms with van der Waals surface area (Å²) in [4.78, 5) is 4.80. The highest BCUT2D eigenvalue weighted by atomic mass is 16.5. The van der Waals surface area contributed by atoms with Crippen molar-refractivity contribution in [2.45, 2.75) is 26.1 Å². The van der Waals surface area contributed by atoms with Gasteiger partial charge in [-0.2, -0.15) is 0 Å². The minimum Gasteiger partial charge on any atom is -0.493 e. The van der Waals surface area contributed by atoms with E-state index in [-0.39, 0.29) is 5.54 Å². The summed E-state index contributed by atoms with van der Waals surface area (Å²) in [5, 5.41) is 1.13. The van der Waals surface area contributed by atoms with Crippen LogP contribution in [-0.4, -0.2) is 43.9 Å². The maximum Gasteiger partial charge on any atom is 0.217 e. The first-order valence-corrected chi connectivity index (χ1v) is 9.53. The van der Waals surface area contributed by atoms with Crippen LogP contribution in [0.1, 0.15) is 19.4 Å². The Hall–Kier alpha value is -2.99. The van der Waals surface area contributed by atoms with Crippen molar-refractivity contribution in [1.82, 2.24) is 4.57 Å². The Balaban J connectivity index is 2.01. The number of hydrogen-bond acceptors (Lipinski definition) is 5. The van der Waals surface area contributed by atoms with Crippen molar-refractivity contribution in [3.05, 3.63) is 48.2 Å². The van der Waals surface area contributed by atoms with Gasteiger partial charge in [-0.1, -0.05) is 18.2 Å². The number of fused-ring (bicyclic) bond motifs is 1. The third kappa shape index (κ3) is 3.44. The zero-order valence-electron chi connectivity index (χ0n) is 17.5. The molecular formula is C23H26N2O4. The number of methoxy groups -OCH3 is 3. The maximum absolute atomic E-state index is 5.98. The lowest BCUT2D eigenvalue weighted by molar-refractivity contribution is 0.135. The van der Waals surface area contributed by atoms with Crippen LogP contribution in [0.5, 0.6) is 11.5 Å². The second-order valence-corrected chi connectivity index (χ2v) is 7.72. The summed E-state index contributed by atoms with van der Waals surface area (Å²) in [6.45, 7) is 5.13. The second-order valence-electron chi connectivity index (χ2n) is 7.72. The van der Waals surface area contributed by atoms with Crippen molar-refractivity contribution >= 4 is 16.8 Å². The molecule has 0 radical (unpaired) electrons. The van der Waals surface area contributed by atoms with Crippen molar-refractivity contribution in [2.75, 3.05) is 27.9 Å². The summed E-state index contributed by atoms with van der Waals surface area (Å²) >= 11 is 0. The highest BCUT2D eigenvalue weighted by molar-refractivity contribution is 6.06. The van der Waals surface area contributed by atoms with Gasteiger partial charge in [0.1, 0.15) is 13.3 Å². The summed E-state index contributed by atoms with van der Waals surface area (Å²) in [6, 6.07) is 12.3. The number of benzene rings is 2. The quantitative estimate of drug-likeness (QED) is 0.618. The Morgan fingerprint density at radius 2 is 1.72 bits per heavy atom. The summed E-state index contributed by atoms with van der Waals surface area (Å²) < 4.78 is 24.6. The molecule has 1 aliphatic rings. The van der Waals surface area contributed by atoms with Crippen LogP contribution in [0.25, 0.3) is 22.0 Å². The number of rotatable bonds is 6. The normalized spacial score (nSPS) is 15.3. The van der Waals surface area contributed by atoms with E-state index in [4.69, 9.17) is 23.9 Å². The van der Waals surface area contributed by atoms with E-state index in [1.54, 1.807) is 21.3 Å². The number of hydrogen-bond donors (Lipinski definition) is 0. The lowest BCUT2D eigenvalue weighted by Crippen LogP contribution is -2.17. The SMILES string of the molecule is COCn1ccc2cccc(-c3cc(OC)c(OC)cc3C3=NC(C)(C)CO3)c21. The van der Waals surface area contributed by atoms with Crippen LogP contribution in [0.15, 0.2) is 47.6 Å². The zero-order chi connectivity index (χ0) is 20.6. The van der Waals surface area contributed by atoms with Crippen molar-refractivity contribution in [1.29, 1.82) is 0 Å². The first kappa shape index (κ1) is 19.3. The predicted molar refractivity (Wildman–Crippen MR) is 114 cm³/mol. The van der Waals surface area contributed by atoms with Gasteiger partial charge in [0.05, 0.1) is 25.3 Å². The summed E-state index contributed by atoms with van der Waals surface area (Å²) in [5.74, 6) is 1.92. The second kappa shape index (κ2) is 7.44. The molecule has 0 atom stereocenters. The van der Waals surface area contributed by atoms with E-state index in [2.05, 4.69) is 42.7 Å². The molecule has 4 rings (SSSR count). The molecule has 1 aliphatic heterocycles. The summed E-state index contributed by atoms with van der Waals surface area (Å²) in [6.07, 6.45) is 2.03. The zero-order valence-corrected chi connectivity index (χ0v) is 17.5. The molecule has 0 fully saturated rings. The van der Waals surface area contributed by atoms with Gasteiger partial charge in [-0.25, -0.2) is 4.99 Å². The lowest BCUT2D eigenvalue weighted by atomic mass is 9.96. The Kier molecular flexibility index (Phi) is 4.96. The number of para-hydroxylation sites is 1. The number of aliphatic imine (C=N–C) groups is 1.